The monoisotopic (exact) mass is 255 g/mol. The molecule has 0 spiro atoms. The van der Waals surface area contributed by atoms with E-state index in [4.69, 9.17) is 10.5 Å². The van der Waals surface area contributed by atoms with Crippen molar-refractivity contribution in [3.05, 3.63) is 29.3 Å². The van der Waals surface area contributed by atoms with Crippen LogP contribution in [0.3, 0.4) is 0 Å². The van der Waals surface area contributed by atoms with Crippen molar-refractivity contribution in [2.75, 3.05) is 12.9 Å². The molecule has 0 saturated heterocycles. The fourth-order valence-corrected chi connectivity index (χ4v) is 2.95. The van der Waals surface area contributed by atoms with Gasteiger partial charge in [0.1, 0.15) is 5.75 Å². The topological polar surface area (TPSA) is 52.3 Å². The summed E-state index contributed by atoms with van der Waals surface area (Å²) < 4.78 is 17.0. The van der Waals surface area contributed by atoms with Crippen LogP contribution in [0.15, 0.2) is 18.2 Å². The Morgan fingerprint density at radius 2 is 2.18 bits per heavy atom. The molecule has 2 N–H and O–H groups in total. The van der Waals surface area contributed by atoms with Crippen LogP contribution in [0.5, 0.6) is 5.75 Å². The summed E-state index contributed by atoms with van der Waals surface area (Å²) in [4.78, 5) is 0. The molecule has 1 aromatic carbocycles. The molecular weight excluding hydrogens is 234 g/mol. The molecule has 17 heavy (non-hydrogen) atoms. The van der Waals surface area contributed by atoms with Gasteiger partial charge in [-0.2, -0.15) is 0 Å². The lowest BCUT2D eigenvalue weighted by Gasteiger charge is -2.09. The highest BCUT2D eigenvalue weighted by Gasteiger charge is 2.06. The molecule has 96 valence electrons. The van der Waals surface area contributed by atoms with E-state index in [0.29, 0.717) is 12.3 Å². The van der Waals surface area contributed by atoms with E-state index in [2.05, 4.69) is 6.92 Å². The van der Waals surface area contributed by atoms with Crippen LogP contribution in [-0.2, 0) is 23.1 Å². The van der Waals surface area contributed by atoms with E-state index in [1.165, 1.54) is 0 Å². The first-order valence-corrected chi connectivity index (χ1v) is 7.40. The van der Waals surface area contributed by atoms with Gasteiger partial charge in [0.2, 0.25) is 0 Å². The zero-order chi connectivity index (χ0) is 12.7. The van der Waals surface area contributed by atoms with Gasteiger partial charge in [-0.25, -0.2) is 0 Å². The minimum atomic E-state index is -0.771. The lowest BCUT2D eigenvalue weighted by molar-refractivity contribution is 0.409. The van der Waals surface area contributed by atoms with Gasteiger partial charge in [0.25, 0.3) is 0 Å². The van der Waals surface area contributed by atoms with Crippen LogP contribution in [0.2, 0.25) is 0 Å². The van der Waals surface area contributed by atoms with E-state index < -0.39 is 10.8 Å². The Morgan fingerprint density at radius 3 is 2.76 bits per heavy atom. The molecule has 1 unspecified atom stereocenters. The van der Waals surface area contributed by atoms with Gasteiger partial charge in [0.15, 0.2) is 0 Å². The summed E-state index contributed by atoms with van der Waals surface area (Å²) >= 11 is 0. The second-order valence-electron chi connectivity index (χ2n) is 3.99. The van der Waals surface area contributed by atoms with Gasteiger partial charge < -0.3 is 10.5 Å². The van der Waals surface area contributed by atoms with Crippen molar-refractivity contribution in [1.29, 1.82) is 0 Å². The van der Waals surface area contributed by atoms with E-state index in [9.17, 15) is 4.21 Å². The summed E-state index contributed by atoms with van der Waals surface area (Å²) in [6, 6.07) is 5.85. The minimum Gasteiger partial charge on any atom is -0.496 e. The van der Waals surface area contributed by atoms with Crippen molar-refractivity contribution in [2.45, 2.75) is 32.1 Å². The molecule has 0 saturated carbocycles. The van der Waals surface area contributed by atoms with Gasteiger partial charge in [-0.15, -0.1) is 0 Å². The van der Waals surface area contributed by atoms with Crippen LogP contribution in [0.1, 0.15) is 30.9 Å². The van der Waals surface area contributed by atoms with Gasteiger partial charge in [-0.3, -0.25) is 4.21 Å². The molecule has 4 heteroatoms. The maximum absolute atomic E-state index is 11.8. The van der Waals surface area contributed by atoms with Crippen molar-refractivity contribution in [3.63, 3.8) is 0 Å². The van der Waals surface area contributed by atoms with E-state index in [1.54, 1.807) is 7.11 Å². The highest BCUT2D eigenvalue weighted by molar-refractivity contribution is 7.84. The second kappa shape index (κ2) is 7.45. The number of hydrogen-bond donors (Lipinski definition) is 1. The molecule has 0 aliphatic rings. The van der Waals surface area contributed by atoms with E-state index >= 15 is 0 Å². The lowest BCUT2D eigenvalue weighted by Crippen LogP contribution is -2.04. The Labute approximate surface area is 106 Å². The molecule has 0 amide bonds. The van der Waals surface area contributed by atoms with Crippen LogP contribution in [-0.4, -0.2) is 17.1 Å². The van der Waals surface area contributed by atoms with Crippen molar-refractivity contribution in [3.8, 4) is 5.75 Å². The van der Waals surface area contributed by atoms with Gasteiger partial charge in [-0.1, -0.05) is 19.4 Å². The number of hydrogen-bond acceptors (Lipinski definition) is 3. The fraction of sp³-hybridized carbons (Fsp3) is 0.538. The molecule has 1 atom stereocenters. The lowest BCUT2D eigenvalue weighted by atomic mass is 10.1. The molecular formula is C13H21NO2S. The molecule has 0 fully saturated rings. The molecule has 3 nitrogen and oxygen atoms in total. The van der Waals surface area contributed by atoms with Gasteiger partial charge in [0, 0.05) is 34.4 Å². The predicted molar refractivity (Wildman–Crippen MR) is 72.5 cm³/mol. The van der Waals surface area contributed by atoms with E-state index in [1.807, 2.05) is 18.2 Å². The van der Waals surface area contributed by atoms with Crippen LogP contribution < -0.4 is 10.5 Å². The first kappa shape index (κ1) is 14.2. The van der Waals surface area contributed by atoms with Crippen LogP contribution >= 0.6 is 0 Å². The largest absolute Gasteiger partial charge is 0.496 e. The summed E-state index contributed by atoms with van der Waals surface area (Å²) in [5.41, 5.74) is 7.69. The average Bonchev–Trinajstić information content (AvgIpc) is 2.36. The Balaban J connectivity index is 2.68. The maximum atomic E-state index is 11.8. The third kappa shape index (κ3) is 4.48. The van der Waals surface area contributed by atoms with Crippen molar-refractivity contribution in [1.82, 2.24) is 0 Å². The van der Waals surface area contributed by atoms with Gasteiger partial charge >= 0.3 is 0 Å². The van der Waals surface area contributed by atoms with E-state index in [0.717, 1.165) is 35.5 Å². The van der Waals surface area contributed by atoms with Crippen molar-refractivity contribution in [2.24, 2.45) is 5.73 Å². The van der Waals surface area contributed by atoms with Crippen molar-refractivity contribution >= 4 is 10.8 Å². The molecule has 0 bridgehead atoms. The predicted octanol–water partition coefficient (Wildman–Crippen LogP) is 2.20. The highest BCUT2D eigenvalue weighted by atomic mass is 32.2. The SMILES string of the molecule is CCCCS(=O)Cc1ccc(OC)c(CN)c1. The summed E-state index contributed by atoms with van der Waals surface area (Å²) in [5.74, 6) is 2.19. The van der Waals surface area contributed by atoms with Crippen molar-refractivity contribution < 1.29 is 8.95 Å². The molecule has 0 aliphatic carbocycles. The van der Waals surface area contributed by atoms with Crippen LogP contribution in [0, 0.1) is 0 Å². The minimum absolute atomic E-state index is 0.443. The fourth-order valence-electron chi connectivity index (χ4n) is 1.64. The number of rotatable bonds is 7. The number of ether oxygens (including phenoxy) is 1. The van der Waals surface area contributed by atoms with Crippen LogP contribution in [0.25, 0.3) is 0 Å². The van der Waals surface area contributed by atoms with Gasteiger partial charge in [-0.05, 0) is 24.1 Å². The number of benzene rings is 1. The first-order chi connectivity index (χ1) is 8.21. The van der Waals surface area contributed by atoms with E-state index in [-0.39, 0.29) is 0 Å². The molecule has 0 radical (unpaired) electrons. The smallest absolute Gasteiger partial charge is 0.123 e. The molecule has 0 aliphatic heterocycles. The number of unbranched alkanes of at least 4 members (excludes halogenated alkanes) is 1. The first-order valence-electron chi connectivity index (χ1n) is 5.92. The summed E-state index contributed by atoms with van der Waals surface area (Å²) in [6.07, 6.45) is 2.11. The highest BCUT2D eigenvalue weighted by Crippen LogP contribution is 2.20. The van der Waals surface area contributed by atoms with Gasteiger partial charge in [0.05, 0.1) is 7.11 Å². The third-order valence-corrected chi connectivity index (χ3v) is 4.02. The zero-order valence-electron chi connectivity index (χ0n) is 10.6. The normalized spacial score (nSPS) is 12.4. The molecule has 0 heterocycles. The van der Waals surface area contributed by atoms with Crippen LogP contribution in [0.4, 0.5) is 0 Å². The zero-order valence-corrected chi connectivity index (χ0v) is 11.4. The number of nitrogens with two attached hydrogens (primary N) is 1. The number of methoxy groups -OCH3 is 1. The maximum Gasteiger partial charge on any atom is 0.123 e. The quantitative estimate of drug-likeness (QED) is 0.812. The third-order valence-electron chi connectivity index (χ3n) is 2.62. The Hall–Kier alpha value is -0.870. The second-order valence-corrected chi connectivity index (χ2v) is 5.57. The Morgan fingerprint density at radius 1 is 1.41 bits per heavy atom. The Kier molecular flexibility index (Phi) is 6.22. The average molecular weight is 255 g/mol. The standard InChI is InChI=1S/C13H21NO2S/c1-3-4-7-17(15)10-11-5-6-13(16-2)12(8-11)9-14/h5-6,8H,3-4,7,9-10,14H2,1-2H3. The molecule has 1 aromatic rings. The molecule has 1 rings (SSSR count). The molecule has 0 aromatic heterocycles. The summed E-state index contributed by atoms with van der Waals surface area (Å²) in [5, 5.41) is 0. The summed E-state index contributed by atoms with van der Waals surface area (Å²) in [7, 11) is 0.861. The Bertz CT molecular complexity index is 380. The summed E-state index contributed by atoms with van der Waals surface area (Å²) in [6.45, 7) is 2.55.